The monoisotopic (exact) mass is 217 g/mol. The van der Waals surface area contributed by atoms with Gasteiger partial charge in [0.2, 0.25) is 0 Å². The summed E-state index contributed by atoms with van der Waals surface area (Å²) in [5, 5.41) is 0. The average molecular weight is 218 g/mol. The molecule has 1 atom stereocenters. The molecule has 0 bridgehead atoms. The SMILES string of the molecule is C[C@H](N)c1c(F)cccc1Br. The van der Waals surface area contributed by atoms with Crippen LogP contribution in [0.25, 0.3) is 0 Å². The van der Waals surface area contributed by atoms with E-state index in [1.54, 1.807) is 19.1 Å². The molecule has 1 rings (SSSR count). The van der Waals surface area contributed by atoms with E-state index < -0.39 is 0 Å². The van der Waals surface area contributed by atoms with Crippen LogP contribution in [0.15, 0.2) is 22.7 Å². The predicted octanol–water partition coefficient (Wildman–Crippen LogP) is 2.61. The fourth-order valence-corrected chi connectivity index (χ4v) is 1.65. The minimum absolute atomic E-state index is 0.255. The Kier molecular flexibility index (Phi) is 2.62. The summed E-state index contributed by atoms with van der Waals surface area (Å²) in [5.41, 5.74) is 6.08. The Bertz CT molecular complexity index is 240. The topological polar surface area (TPSA) is 26.0 Å². The van der Waals surface area contributed by atoms with Crippen LogP contribution in [-0.2, 0) is 0 Å². The van der Waals surface area contributed by atoms with E-state index in [1.807, 2.05) is 0 Å². The fourth-order valence-electron chi connectivity index (χ4n) is 0.946. The van der Waals surface area contributed by atoms with Gasteiger partial charge in [0.1, 0.15) is 5.82 Å². The van der Waals surface area contributed by atoms with Crippen LogP contribution in [0, 0.1) is 5.82 Å². The van der Waals surface area contributed by atoms with Crippen molar-refractivity contribution in [3.63, 3.8) is 0 Å². The van der Waals surface area contributed by atoms with Crippen LogP contribution in [-0.4, -0.2) is 0 Å². The molecule has 0 aliphatic carbocycles. The smallest absolute Gasteiger partial charge is 0.129 e. The fraction of sp³-hybridized carbons (Fsp3) is 0.250. The first kappa shape index (κ1) is 8.68. The lowest BCUT2D eigenvalue weighted by Crippen LogP contribution is -2.08. The zero-order valence-corrected chi connectivity index (χ0v) is 7.73. The van der Waals surface area contributed by atoms with Gasteiger partial charge >= 0.3 is 0 Å². The Morgan fingerprint density at radius 1 is 1.55 bits per heavy atom. The second-order valence-electron chi connectivity index (χ2n) is 2.42. The molecule has 0 unspecified atom stereocenters. The number of benzene rings is 1. The standard InChI is InChI=1S/C8H9BrFN/c1-5(11)8-6(9)3-2-4-7(8)10/h2-5H,11H2,1H3/t5-/m0/s1. The molecule has 0 aromatic heterocycles. The molecule has 1 aromatic carbocycles. The van der Waals surface area contributed by atoms with Gasteiger partial charge in [-0.05, 0) is 19.1 Å². The second-order valence-corrected chi connectivity index (χ2v) is 3.28. The van der Waals surface area contributed by atoms with Gasteiger partial charge in [0, 0.05) is 16.1 Å². The highest BCUT2D eigenvalue weighted by molar-refractivity contribution is 9.10. The third-order valence-corrected chi connectivity index (χ3v) is 2.15. The number of halogens is 2. The van der Waals surface area contributed by atoms with Gasteiger partial charge in [-0.15, -0.1) is 0 Å². The zero-order valence-electron chi connectivity index (χ0n) is 6.14. The molecule has 0 spiro atoms. The first-order valence-electron chi connectivity index (χ1n) is 3.32. The quantitative estimate of drug-likeness (QED) is 0.770. The van der Waals surface area contributed by atoms with Gasteiger partial charge in [-0.3, -0.25) is 0 Å². The van der Waals surface area contributed by atoms with Crippen LogP contribution in [0.3, 0.4) is 0 Å². The van der Waals surface area contributed by atoms with Gasteiger partial charge in [0.05, 0.1) is 0 Å². The van der Waals surface area contributed by atoms with Crippen molar-refractivity contribution < 1.29 is 4.39 Å². The Labute approximate surface area is 73.5 Å². The molecule has 11 heavy (non-hydrogen) atoms. The highest BCUT2D eigenvalue weighted by atomic mass is 79.9. The third-order valence-electron chi connectivity index (χ3n) is 1.46. The van der Waals surface area contributed by atoms with Crippen molar-refractivity contribution in [2.45, 2.75) is 13.0 Å². The van der Waals surface area contributed by atoms with Crippen molar-refractivity contribution in [3.05, 3.63) is 34.1 Å². The molecule has 0 aliphatic rings. The van der Waals surface area contributed by atoms with Gasteiger partial charge in [0.25, 0.3) is 0 Å². The number of hydrogen-bond donors (Lipinski definition) is 1. The van der Waals surface area contributed by atoms with E-state index >= 15 is 0 Å². The first-order chi connectivity index (χ1) is 5.13. The van der Waals surface area contributed by atoms with Crippen LogP contribution in [0.1, 0.15) is 18.5 Å². The maximum atomic E-state index is 13.0. The predicted molar refractivity (Wildman–Crippen MR) is 46.7 cm³/mol. The van der Waals surface area contributed by atoms with Crippen LogP contribution in [0.5, 0.6) is 0 Å². The molecule has 60 valence electrons. The molecule has 3 heteroatoms. The molecule has 0 fully saturated rings. The van der Waals surface area contributed by atoms with Gasteiger partial charge in [-0.2, -0.15) is 0 Å². The summed E-state index contributed by atoms with van der Waals surface area (Å²) in [6.07, 6.45) is 0. The molecule has 0 amide bonds. The van der Waals surface area contributed by atoms with Crippen LogP contribution >= 0.6 is 15.9 Å². The molecule has 0 radical (unpaired) electrons. The van der Waals surface area contributed by atoms with Gasteiger partial charge in [0.15, 0.2) is 0 Å². The molecule has 0 saturated carbocycles. The van der Waals surface area contributed by atoms with E-state index in [1.165, 1.54) is 6.07 Å². The summed E-state index contributed by atoms with van der Waals surface area (Å²) in [6.45, 7) is 1.75. The minimum Gasteiger partial charge on any atom is -0.324 e. The van der Waals surface area contributed by atoms with Crippen LogP contribution in [0.4, 0.5) is 4.39 Å². The van der Waals surface area contributed by atoms with Crippen molar-refractivity contribution in [2.24, 2.45) is 5.73 Å². The molecule has 0 heterocycles. The number of rotatable bonds is 1. The lowest BCUT2D eigenvalue weighted by Gasteiger charge is -2.08. The largest absolute Gasteiger partial charge is 0.324 e. The van der Waals surface area contributed by atoms with Crippen molar-refractivity contribution >= 4 is 15.9 Å². The second kappa shape index (κ2) is 3.32. The van der Waals surface area contributed by atoms with E-state index in [4.69, 9.17) is 5.73 Å². The van der Waals surface area contributed by atoms with Gasteiger partial charge in [-0.1, -0.05) is 22.0 Å². The normalized spacial score (nSPS) is 13.1. The Hall–Kier alpha value is -0.410. The molecule has 2 N–H and O–H groups in total. The van der Waals surface area contributed by atoms with Crippen molar-refractivity contribution in [2.75, 3.05) is 0 Å². The molecule has 1 nitrogen and oxygen atoms in total. The Morgan fingerprint density at radius 2 is 2.18 bits per heavy atom. The highest BCUT2D eigenvalue weighted by Gasteiger charge is 2.09. The maximum Gasteiger partial charge on any atom is 0.129 e. The van der Waals surface area contributed by atoms with Crippen LogP contribution in [0.2, 0.25) is 0 Å². The molecule has 0 aliphatic heterocycles. The molecular formula is C8H9BrFN. The maximum absolute atomic E-state index is 13.0. The van der Waals surface area contributed by atoms with Crippen LogP contribution < -0.4 is 5.73 Å². The first-order valence-corrected chi connectivity index (χ1v) is 4.11. The number of hydrogen-bond acceptors (Lipinski definition) is 1. The minimum atomic E-state index is -0.273. The summed E-state index contributed by atoms with van der Waals surface area (Å²) >= 11 is 3.23. The molecular weight excluding hydrogens is 209 g/mol. The average Bonchev–Trinajstić information content (AvgIpc) is 1.85. The molecule has 0 saturated heterocycles. The Morgan fingerprint density at radius 3 is 2.55 bits per heavy atom. The van der Waals surface area contributed by atoms with E-state index in [2.05, 4.69) is 15.9 Å². The van der Waals surface area contributed by atoms with Gasteiger partial charge < -0.3 is 5.73 Å². The summed E-state index contributed by atoms with van der Waals surface area (Å²) in [5.74, 6) is -0.255. The summed E-state index contributed by atoms with van der Waals surface area (Å²) in [4.78, 5) is 0. The highest BCUT2D eigenvalue weighted by Crippen LogP contribution is 2.24. The summed E-state index contributed by atoms with van der Waals surface area (Å²) in [7, 11) is 0. The lowest BCUT2D eigenvalue weighted by molar-refractivity contribution is 0.592. The van der Waals surface area contributed by atoms with E-state index in [0.29, 0.717) is 5.56 Å². The van der Waals surface area contributed by atoms with Gasteiger partial charge in [-0.25, -0.2) is 4.39 Å². The van der Waals surface area contributed by atoms with Crippen molar-refractivity contribution in [3.8, 4) is 0 Å². The van der Waals surface area contributed by atoms with E-state index in [9.17, 15) is 4.39 Å². The lowest BCUT2D eigenvalue weighted by atomic mass is 10.1. The Balaban J connectivity index is 3.21. The van der Waals surface area contributed by atoms with E-state index in [0.717, 1.165) is 4.47 Å². The van der Waals surface area contributed by atoms with Crippen molar-refractivity contribution in [1.82, 2.24) is 0 Å². The van der Waals surface area contributed by atoms with E-state index in [-0.39, 0.29) is 11.9 Å². The van der Waals surface area contributed by atoms with Crippen molar-refractivity contribution in [1.29, 1.82) is 0 Å². The summed E-state index contributed by atoms with van der Waals surface area (Å²) in [6, 6.07) is 4.56. The summed E-state index contributed by atoms with van der Waals surface area (Å²) < 4.78 is 13.7. The number of nitrogens with two attached hydrogens (primary N) is 1. The zero-order chi connectivity index (χ0) is 8.43. The third kappa shape index (κ3) is 1.79. The molecule has 1 aromatic rings.